The largest absolute Gasteiger partial charge is 0.477 e. The monoisotopic (exact) mass is 536 g/mol. The fourth-order valence-electron chi connectivity index (χ4n) is 3.15. The lowest BCUT2D eigenvalue weighted by Gasteiger charge is -2.39. The SMILES string of the molecule is O=C(O)c1c(F)c(F)c(C(c2c(F)c(F)c(C(=O)O)c(F)c2F)(C(F)(F)F)C(F)(F)F)c(F)c1F. The minimum absolute atomic E-state index is 2.78. The molecule has 0 amide bonds. The highest BCUT2D eigenvalue weighted by molar-refractivity contribution is 5.89. The molecule has 0 aliphatic carbocycles. The second kappa shape index (κ2) is 8.26. The second-order valence-electron chi connectivity index (χ2n) is 6.37. The lowest BCUT2D eigenvalue weighted by molar-refractivity contribution is -0.291. The quantitative estimate of drug-likeness (QED) is 0.394. The molecule has 0 aliphatic rings. The Labute approximate surface area is 181 Å². The number of carbonyl (C=O) groups is 2. The van der Waals surface area contributed by atoms with Crippen molar-refractivity contribution in [2.45, 2.75) is 17.8 Å². The van der Waals surface area contributed by atoms with E-state index in [2.05, 4.69) is 0 Å². The molecule has 0 fully saturated rings. The van der Waals surface area contributed by atoms with Crippen LogP contribution < -0.4 is 0 Å². The smallest absolute Gasteiger partial charge is 0.411 e. The first kappa shape index (κ1) is 27.6. The van der Waals surface area contributed by atoms with Crippen LogP contribution in [-0.4, -0.2) is 34.5 Å². The van der Waals surface area contributed by atoms with Gasteiger partial charge in [0.1, 0.15) is 11.1 Å². The minimum atomic E-state index is -7.54. The highest BCUT2D eigenvalue weighted by Gasteiger charge is 2.77. The number of aromatic carboxylic acids is 2. The van der Waals surface area contributed by atoms with Gasteiger partial charge >= 0.3 is 24.3 Å². The number of halogens is 14. The standard InChI is InChI=1S/C17H2F14O4/c18-5-1(13(32)33)6(19)10(23)3(9(5)22)15(16(26,27)28,17(29,30)31)4-11(24)7(20)2(14(34)35)8(21)12(4)25/h(H,32,33)(H,34,35). The molecule has 0 spiro atoms. The molecule has 35 heavy (non-hydrogen) atoms. The molecule has 192 valence electrons. The maximum Gasteiger partial charge on any atom is 0.411 e. The summed E-state index contributed by atoms with van der Waals surface area (Å²) in [6.07, 6.45) is -15.1. The van der Waals surface area contributed by atoms with Gasteiger partial charge < -0.3 is 10.2 Å². The average Bonchev–Trinajstić information content (AvgIpc) is 2.67. The molecule has 2 aromatic rings. The Balaban J connectivity index is 3.44. The van der Waals surface area contributed by atoms with Crippen LogP contribution in [0.25, 0.3) is 0 Å². The van der Waals surface area contributed by atoms with Crippen molar-refractivity contribution < 1.29 is 81.3 Å². The van der Waals surface area contributed by atoms with Gasteiger partial charge in [-0.25, -0.2) is 44.7 Å². The van der Waals surface area contributed by atoms with Crippen molar-refractivity contribution in [3.8, 4) is 0 Å². The van der Waals surface area contributed by atoms with E-state index in [-0.39, 0.29) is 0 Å². The topological polar surface area (TPSA) is 74.6 Å². The molecule has 0 heterocycles. The molecule has 0 saturated heterocycles. The molecule has 2 aromatic carbocycles. The average molecular weight is 536 g/mol. The Morgan fingerprint density at radius 3 is 0.800 bits per heavy atom. The number of hydrogen-bond donors (Lipinski definition) is 2. The van der Waals surface area contributed by atoms with E-state index in [0.717, 1.165) is 0 Å². The molecule has 0 aromatic heterocycles. The van der Waals surface area contributed by atoms with Gasteiger partial charge in [-0.05, 0) is 0 Å². The van der Waals surface area contributed by atoms with Crippen molar-refractivity contribution in [3.63, 3.8) is 0 Å². The lowest BCUT2D eigenvalue weighted by atomic mass is 9.71. The van der Waals surface area contributed by atoms with Crippen molar-refractivity contribution in [1.82, 2.24) is 0 Å². The molecule has 0 saturated carbocycles. The van der Waals surface area contributed by atoms with E-state index in [9.17, 15) is 71.1 Å². The van der Waals surface area contributed by atoms with E-state index in [1.165, 1.54) is 0 Å². The van der Waals surface area contributed by atoms with Crippen LogP contribution in [0.1, 0.15) is 31.8 Å². The minimum Gasteiger partial charge on any atom is -0.477 e. The lowest BCUT2D eigenvalue weighted by Crippen LogP contribution is -2.57. The van der Waals surface area contributed by atoms with E-state index >= 15 is 0 Å². The van der Waals surface area contributed by atoms with Crippen molar-refractivity contribution >= 4 is 11.9 Å². The number of carboxylic acid groups (broad SMARTS) is 2. The van der Waals surface area contributed by atoms with Gasteiger partial charge in [0.15, 0.2) is 46.5 Å². The van der Waals surface area contributed by atoms with Crippen LogP contribution in [0.4, 0.5) is 61.5 Å². The zero-order chi connectivity index (χ0) is 27.6. The number of hydrogen-bond acceptors (Lipinski definition) is 2. The van der Waals surface area contributed by atoms with Gasteiger partial charge in [-0.15, -0.1) is 0 Å². The van der Waals surface area contributed by atoms with Gasteiger partial charge in [0.25, 0.3) is 0 Å². The maximum absolute atomic E-state index is 14.4. The Kier molecular flexibility index (Phi) is 6.52. The number of alkyl halides is 6. The molecule has 0 radical (unpaired) electrons. The molecular formula is C17H2F14O4. The summed E-state index contributed by atoms with van der Waals surface area (Å²) < 4.78 is 197. The van der Waals surface area contributed by atoms with Crippen LogP contribution in [0.15, 0.2) is 0 Å². The van der Waals surface area contributed by atoms with E-state index in [1.807, 2.05) is 0 Å². The van der Waals surface area contributed by atoms with Crippen molar-refractivity contribution in [2.75, 3.05) is 0 Å². The van der Waals surface area contributed by atoms with Gasteiger partial charge in [0.2, 0.25) is 5.41 Å². The molecule has 18 heteroatoms. The van der Waals surface area contributed by atoms with E-state index in [1.54, 1.807) is 0 Å². The predicted molar refractivity (Wildman–Crippen MR) is 79.4 cm³/mol. The number of benzene rings is 2. The van der Waals surface area contributed by atoms with Crippen LogP contribution in [0.3, 0.4) is 0 Å². The van der Waals surface area contributed by atoms with E-state index in [4.69, 9.17) is 10.2 Å². The van der Waals surface area contributed by atoms with Gasteiger partial charge in [-0.2, -0.15) is 26.3 Å². The first-order valence-corrected chi connectivity index (χ1v) is 8.00. The van der Waals surface area contributed by atoms with Gasteiger partial charge in [-0.1, -0.05) is 0 Å². The van der Waals surface area contributed by atoms with Crippen molar-refractivity contribution in [1.29, 1.82) is 0 Å². The predicted octanol–water partition coefficient (Wildman–Crippen LogP) is 5.61. The number of rotatable bonds is 4. The van der Waals surface area contributed by atoms with E-state index in [0.29, 0.717) is 0 Å². The van der Waals surface area contributed by atoms with Crippen molar-refractivity contribution in [2.24, 2.45) is 0 Å². The summed E-state index contributed by atoms with van der Waals surface area (Å²) in [6, 6.07) is 0. The fourth-order valence-corrected chi connectivity index (χ4v) is 3.15. The van der Waals surface area contributed by atoms with Gasteiger partial charge in [-0.3, -0.25) is 0 Å². The first-order chi connectivity index (χ1) is 15.7. The fraction of sp³-hybridized carbons (Fsp3) is 0.176. The number of carboxylic acids is 2. The van der Waals surface area contributed by atoms with Gasteiger partial charge in [0.05, 0.1) is 11.1 Å². The zero-order valence-corrected chi connectivity index (χ0v) is 15.5. The second-order valence-corrected chi connectivity index (χ2v) is 6.37. The summed E-state index contributed by atoms with van der Waals surface area (Å²) in [4.78, 5) is 21.5. The summed E-state index contributed by atoms with van der Waals surface area (Å²) >= 11 is 0. The molecule has 0 unspecified atom stereocenters. The van der Waals surface area contributed by atoms with E-state index < -0.39 is 98.5 Å². The van der Waals surface area contributed by atoms with Crippen molar-refractivity contribution in [3.05, 3.63) is 68.8 Å². The van der Waals surface area contributed by atoms with Crippen LogP contribution in [0, 0.1) is 46.5 Å². The van der Waals surface area contributed by atoms with Crippen LogP contribution in [0.5, 0.6) is 0 Å². The third-order valence-electron chi connectivity index (χ3n) is 4.55. The highest BCUT2D eigenvalue weighted by atomic mass is 19.4. The summed E-state index contributed by atoms with van der Waals surface area (Å²) in [6.45, 7) is 0. The Hall–Kier alpha value is -3.60. The maximum atomic E-state index is 14.4. The zero-order valence-electron chi connectivity index (χ0n) is 15.5. The van der Waals surface area contributed by atoms with Crippen LogP contribution in [0.2, 0.25) is 0 Å². The summed E-state index contributed by atoms with van der Waals surface area (Å²) in [5.74, 6) is -34.8. The molecule has 0 atom stereocenters. The summed E-state index contributed by atoms with van der Waals surface area (Å²) in [5, 5.41) is 17.1. The van der Waals surface area contributed by atoms with Crippen LogP contribution in [-0.2, 0) is 5.41 Å². The molecule has 4 nitrogen and oxygen atoms in total. The molecule has 2 rings (SSSR count). The van der Waals surface area contributed by atoms with Gasteiger partial charge in [0, 0.05) is 0 Å². The van der Waals surface area contributed by atoms with Crippen LogP contribution >= 0.6 is 0 Å². The Morgan fingerprint density at radius 1 is 0.457 bits per heavy atom. The summed E-state index contributed by atoms with van der Waals surface area (Å²) in [5.41, 5.74) is -20.5. The summed E-state index contributed by atoms with van der Waals surface area (Å²) in [7, 11) is 0. The first-order valence-electron chi connectivity index (χ1n) is 8.00. The Bertz CT molecular complexity index is 1110. The Morgan fingerprint density at radius 2 is 0.657 bits per heavy atom. The normalized spacial score (nSPS) is 12.7. The highest BCUT2D eigenvalue weighted by Crippen LogP contribution is 2.59. The third kappa shape index (κ3) is 3.61. The molecular weight excluding hydrogens is 534 g/mol. The molecule has 0 aliphatic heterocycles. The third-order valence-corrected chi connectivity index (χ3v) is 4.55. The molecule has 2 N–H and O–H groups in total. The molecule has 0 bridgehead atoms.